The van der Waals surface area contributed by atoms with Crippen LogP contribution in [0.3, 0.4) is 0 Å². The van der Waals surface area contributed by atoms with E-state index in [1.54, 1.807) is 0 Å². The van der Waals surface area contributed by atoms with E-state index in [1.807, 2.05) is 30.0 Å². The van der Waals surface area contributed by atoms with Crippen LogP contribution in [0.4, 0.5) is 5.69 Å². The van der Waals surface area contributed by atoms with Gasteiger partial charge in [-0.2, -0.15) is 0 Å². The zero-order chi connectivity index (χ0) is 16.1. The first kappa shape index (κ1) is 15.3. The van der Waals surface area contributed by atoms with E-state index in [-0.39, 0.29) is 11.3 Å². The molecule has 114 valence electrons. The molecule has 1 amide bonds. The number of carbonyl (C=O) groups is 1. The van der Waals surface area contributed by atoms with Crippen molar-refractivity contribution in [2.75, 3.05) is 4.90 Å². The molecule has 0 aromatic heterocycles. The van der Waals surface area contributed by atoms with Gasteiger partial charge in [-0.3, -0.25) is 4.79 Å². The summed E-state index contributed by atoms with van der Waals surface area (Å²) in [4.78, 5) is 14.7. The Morgan fingerprint density at radius 3 is 2.55 bits per heavy atom. The van der Waals surface area contributed by atoms with E-state index >= 15 is 0 Å². The second kappa shape index (κ2) is 5.24. The minimum Gasteiger partial charge on any atom is -0.304 e. The number of rotatable bonds is 1. The van der Waals surface area contributed by atoms with E-state index in [4.69, 9.17) is 0 Å². The third-order valence-electron chi connectivity index (χ3n) is 4.31. The van der Waals surface area contributed by atoms with Gasteiger partial charge in [0.05, 0.1) is 6.54 Å². The van der Waals surface area contributed by atoms with Gasteiger partial charge in [0.15, 0.2) is 0 Å². The zero-order valence-corrected chi connectivity index (χ0v) is 15.0. The number of carbonyl (C=O) groups excluding carboxylic acids is 1. The summed E-state index contributed by atoms with van der Waals surface area (Å²) >= 11 is 3.55. The summed E-state index contributed by atoms with van der Waals surface area (Å²) in [7, 11) is 0. The van der Waals surface area contributed by atoms with Crippen molar-refractivity contribution in [2.24, 2.45) is 0 Å². The highest BCUT2D eigenvalue weighted by Gasteiger charge is 2.30. The standard InChI is InChI=1S/C19H20BrNO/c1-12-16(20)6-5-7-17(12)21-11-13-8-9-14(19(2,3)4)10-15(13)18(21)22/h5-10H,11H2,1-4H3. The van der Waals surface area contributed by atoms with Crippen LogP contribution in [0.25, 0.3) is 0 Å². The first-order valence-electron chi connectivity index (χ1n) is 7.49. The maximum absolute atomic E-state index is 12.9. The molecule has 0 atom stereocenters. The van der Waals surface area contributed by atoms with Crippen LogP contribution < -0.4 is 4.90 Å². The van der Waals surface area contributed by atoms with E-state index in [2.05, 4.69) is 54.9 Å². The quantitative estimate of drug-likeness (QED) is 0.685. The molecular weight excluding hydrogens is 338 g/mol. The van der Waals surface area contributed by atoms with E-state index in [0.29, 0.717) is 6.54 Å². The first-order chi connectivity index (χ1) is 10.3. The molecular formula is C19H20BrNO. The number of anilines is 1. The molecule has 0 saturated carbocycles. The van der Waals surface area contributed by atoms with Crippen molar-refractivity contribution < 1.29 is 4.79 Å². The summed E-state index contributed by atoms with van der Waals surface area (Å²) in [6.45, 7) is 9.20. The molecule has 2 nitrogen and oxygen atoms in total. The SMILES string of the molecule is Cc1c(Br)cccc1N1Cc2ccc(C(C)(C)C)cc2C1=O. The largest absolute Gasteiger partial charge is 0.304 e. The van der Waals surface area contributed by atoms with Crippen molar-refractivity contribution in [3.05, 3.63) is 63.1 Å². The van der Waals surface area contributed by atoms with Crippen LogP contribution in [-0.4, -0.2) is 5.91 Å². The smallest absolute Gasteiger partial charge is 0.258 e. The third-order valence-corrected chi connectivity index (χ3v) is 5.17. The molecule has 0 N–H and O–H groups in total. The number of halogens is 1. The first-order valence-corrected chi connectivity index (χ1v) is 8.29. The highest BCUT2D eigenvalue weighted by molar-refractivity contribution is 9.10. The summed E-state index contributed by atoms with van der Waals surface area (Å²) in [5, 5.41) is 0. The van der Waals surface area contributed by atoms with Crippen LogP contribution >= 0.6 is 15.9 Å². The molecule has 0 aliphatic carbocycles. The van der Waals surface area contributed by atoms with Crippen LogP contribution in [0, 0.1) is 6.92 Å². The lowest BCUT2D eigenvalue weighted by Crippen LogP contribution is -2.24. The molecule has 3 rings (SSSR count). The number of hydrogen-bond acceptors (Lipinski definition) is 1. The Labute approximate surface area is 140 Å². The van der Waals surface area contributed by atoms with Gasteiger partial charge in [-0.1, -0.05) is 54.9 Å². The minimum atomic E-state index is 0.0500. The molecule has 0 radical (unpaired) electrons. The number of amides is 1. The highest BCUT2D eigenvalue weighted by Crippen LogP contribution is 2.35. The Balaban J connectivity index is 2.03. The number of nitrogens with zero attached hydrogens (tertiary/aromatic N) is 1. The normalized spacial score (nSPS) is 14.4. The molecule has 0 bridgehead atoms. The van der Waals surface area contributed by atoms with Gasteiger partial charge in [0.2, 0.25) is 0 Å². The fourth-order valence-corrected chi connectivity index (χ4v) is 3.21. The Morgan fingerprint density at radius 2 is 1.86 bits per heavy atom. The molecule has 3 heteroatoms. The molecule has 0 fully saturated rings. The maximum atomic E-state index is 12.9. The molecule has 1 heterocycles. The molecule has 22 heavy (non-hydrogen) atoms. The summed E-state index contributed by atoms with van der Waals surface area (Å²) in [6, 6.07) is 12.3. The van der Waals surface area contributed by atoms with Gasteiger partial charge in [-0.15, -0.1) is 0 Å². The lowest BCUT2D eigenvalue weighted by Gasteiger charge is -2.19. The summed E-state index contributed by atoms with van der Waals surface area (Å²) < 4.78 is 1.03. The molecule has 2 aromatic rings. The van der Waals surface area contributed by atoms with Crippen LogP contribution in [-0.2, 0) is 12.0 Å². The fourth-order valence-electron chi connectivity index (χ4n) is 2.85. The van der Waals surface area contributed by atoms with Gasteiger partial charge in [0.25, 0.3) is 5.91 Å². The van der Waals surface area contributed by atoms with Crippen LogP contribution in [0.5, 0.6) is 0 Å². The predicted octanol–water partition coefficient (Wildman–Crippen LogP) is 5.22. The van der Waals surface area contributed by atoms with Crippen LogP contribution in [0.15, 0.2) is 40.9 Å². The molecule has 1 aliphatic heterocycles. The highest BCUT2D eigenvalue weighted by atomic mass is 79.9. The van der Waals surface area contributed by atoms with Crippen LogP contribution in [0.1, 0.15) is 47.8 Å². The molecule has 0 unspecified atom stereocenters. The maximum Gasteiger partial charge on any atom is 0.258 e. The second-order valence-corrected chi connectivity index (χ2v) is 7.75. The van der Waals surface area contributed by atoms with Gasteiger partial charge < -0.3 is 4.90 Å². The molecule has 2 aromatic carbocycles. The fraction of sp³-hybridized carbons (Fsp3) is 0.316. The number of benzene rings is 2. The average molecular weight is 358 g/mol. The van der Waals surface area contributed by atoms with Crippen molar-refractivity contribution in [1.29, 1.82) is 0 Å². The Bertz CT molecular complexity index is 759. The lowest BCUT2D eigenvalue weighted by atomic mass is 9.85. The molecule has 1 aliphatic rings. The average Bonchev–Trinajstić information content (AvgIpc) is 2.78. The third kappa shape index (κ3) is 2.48. The van der Waals surface area contributed by atoms with E-state index in [1.165, 1.54) is 5.56 Å². The van der Waals surface area contributed by atoms with E-state index in [9.17, 15) is 4.79 Å². The van der Waals surface area contributed by atoms with E-state index in [0.717, 1.165) is 26.9 Å². The second-order valence-electron chi connectivity index (χ2n) is 6.90. The molecule has 0 spiro atoms. The Kier molecular flexibility index (Phi) is 3.64. The minimum absolute atomic E-state index is 0.0500. The van der Waals surface area contributed by atoms with Crippen molar-refractivity contribution in [1.82, 2.24) is 0 Å². The van der Waals surface area contributed by atoms with Crippen molar-refractivity contribution in [3.8, 4) is 0 Å². The van der Waals surface area contributed by atoms with Gasteiger partial charge in [0, 0.05) is 15.7 Å². The summed E-state index contributed by atoms with van der Waals surface area (Å²) in [5.41, 5.74) is 5.28. The molecule has 0 saturated heterocycles. The Morgan fingerprint density at radius 1 is 1.14 bits per heavy atom. The van der Waals surface area contributed by atoms with Crippen LogP contribution in [0.2, 0.25) is 0 Å². The Hall–Kier alpha value is -1.61. The van der Waals surface area contributed by atoms with Crippen molar-refractivity contribution in [2.45, 2.75) is 39.7 Å². The number of fused-ring (bicyclic) bond motifs is 1. The van der Waals surface area contributed by atoms with Gasteiger partial charge in [0.1, 0.15) is 0 Å². The summed E-state index contributed by atoms with van der Waals surface area (Å²) in [6.07, 6.45) is 0. The van der Waals surface area contributed by atoms with Gasteiger partial charge >= 0.3 is 0 Å². The van der Waals surface area contributed by atoms with Gasteiger partial charge in [-0.25, -0.2) is 0 Å². The lowest BCUT2D eigenvalue weighted by molar-refractivity contribution is 0.0996. The summed E-state index contributed by atoms with van der Waals surface area (Å²) in [5.74, 6) is 0.0994. The van der Waals surface area contributed by atoms with Crippen molar-refractivity contribution >= 4 is 27.5 Å². The van der Waals surface area contributed by atoms with Crippen molar-refractivity contribution in [3.63, 3.8) is 0 Å². The monoisotopic (exact) mass is 357 g/mol. The van der Waals surface area contributed by atoms with Gasteiger partial charge in [-0.05, 0) is 47.2 Å². The van der Waals surface area contributed by atoms with E-state index < -0.39 is 0 Å². The number of hydrogen-bond donors (Lipinski definition) is 0. The predicted molar refractivity (Wildman–Crippen MR) is 94.5 cm³/mol. The zero-order valence-electron chi connectivity index (χ0n) is 13.4. The topological polar surface area (TPSA) is 20.3 Å².